The van der Waals surface area contributed by atoms with E-state index >= 15 is 0 Å². The van der Waals surface area contributed by atoms with Crippen molar-refractivity contribution in [3.8, 4) is 0 Å². The maximum Gasteiger partial charge on any atom is 0.333 e. The topological polar surface area (TPSA) is 66.9 Å². The Balaban J connectivity index is 1.79. The molecule has 6 nitrogen and oxygen atoms in total. The van der Waals surface area contributed by atoms with E-state index in [-0.39, 0.29) is 21.7 Å². The van der Waals surface area contributed by atoms with Crippen LogP contribution in [0.25, 0.3) is 5.57 Å². The molecule has 33 heavy (non-hydrogen) atoms. The van der Waals surface area contributed by atoms with Crippen LogP contribution in [0.4, 0.5) is 5.69 Å². The Morgan fingerprint density at radius 2 is 1.73 bits per heavy atom. The summed E-state index contributed by atoms with van der Waals surface area (Å²) in [6.07, 6.45) is 1.80. The van der Waals surface area contributed by atoms with Crippen LogP contribution in [0, 0.1) is 0 Å². The summed E-state index contributed by atoms with van der Waals surface area (Å²) in [7, 11) is 0. The number of thiocarbonyl (C=S) groups is 1. The van der Waals surface area contributed by atoms with E-state index in [2.05, 4.69) is 6.92 Å². The van der Waals surface area contributed by atoms with Gasteiger partial charge in [0.25, 0.3) is 11.8 Å². The van der Waals surface area contributed by atoms with E-state index in [1.807, 2.05) is 30.3 Å². The van der Waals surface area contributed by atoms with Gasteiger partial charge in [0.1, 0.15) is 4.32 Å². The number of rotatable bonds is 7. The van der Waals surface area contributed by atoms with Crippen molar-refractivity contribution in [1.82, 2.24) is 4.90 Å². The first-order chi connectivity index (χ1) is 16.0. The summed E-state index contributed by atoms with van der Waals surface area (Å²) in [5, 5.41) is 0. The SMILES string of the molecule is CCCCN1C(=O)/C(=C2\SC(=S)N(C(C(=O)OCC)c3ccccc3)C2=O)c2ccccc21. The summed E-state index contributed by atoms with van der Waals surface area (Å²) in [5.41, 5.74) is 2.45. The van der Waals surface area contributed by atoms with Gasteiger partial charge in [-0.2, -0.15) is 0 Å². The number of unbranched alkanes of at least 4 members (excludes halogenated alkanes) is 1. The second kappa shape index (κ2) is 9.89. The number of anilines is 1. The highest BCUT2D eigenvalue weighted by molar-refractivity contribution is 8.26. The van der Waals surface area contributed by atoms with Crippen LogP contribution in [0.1, 0.15) is 43.9 Å². The van der Waals surface area contributed by atoms with Crippen molar-refractivity contribution in [2.24, 2.45) is 0 Å². The number of esters is 1. The van der Waals surface area contributed by atoms with Gasteiger partial charge in [-0.1, -0.05) is 85.9 Å². The van der Waals surface area contributed by atoms with Crippen LogP contribution in [-0.4, -0.2) is 40.2 Å². The fourth-order valence-corrected chi connectivity index (χ4v) is 5.42. The summed E-state index contributed by atoms with van der Waals surface area (Å²) >= 11 is 6.61. The number of benzene rings is 2. The first-order valence-corrected chi connectivity index (χ1v) is 12.1. The lowest BCUT2D eigenvalue weighted by Crippen LogP contribution is -2.38. The molecule has 1 atom stereocenters. The van der Waals surface area contributed by atoms with E-state index < -0.39 is 17.9 Å². The Hall–Kier alpha value is -2.97. The largest absolute Gasteiger partial charge is 0.464 e. The number of amides is 2. The van der Waals surface area contributed by atoms with E-state index in [0.717, 1.165) is 30.3 Å². The second-order valence-corrected chi connectivity index (χ2v) is 9.28. The third-order valence-electron chi connectivity index (χ3n) is 5.57. The highest BCUT2D eigenvalue weighted by Crippen LogP contribution is 2.46. The van der Waals surface area contributed by atoms with Crippen molar-refractivity contribution >= 4 is 57.3 Å². The van der Waals surface area contributed by atoms with Gasteiger partial charge in [-0.3, -0.25) is 14.5 Å². The van der Waals surface area contributed by atoms with Crippen LogP contribution in [0.5, 0.6) is 0 Å². The Labute approximate surface area is 202 Å². The van der Waals surface area contributed by atoms with Gasteiger partial charge < -0.3 is 9.64 Å². The van der Waals surface area contributed by atoms with Crippen molar-refractivity contribution < 1.29 is 19.1 Å². The molecule has 2 aromatic carbocycles. The first-order valence-electron chi connectivity index (χ1n) is 10.9. The maximum absolute atomic E-state index is 13.7. The molecule has 0 bridgehead atoms. The third kappa shape index (κ3) is 4.20. The number of para-hydroxylation sites is 1. The number of thioether (sulfide) groups is 1. The standard InChI is InChI=1S/C25H24N2O4S2/c1-3-5-15-26-18-14-10-9-13-17(18)19(22(26)28)21-23(29)27(25(32)33-21)20(24(30)31-4-2)16-11-7-6-8-12-16/h6-14,20H,3-5,15H2,1-2H3/b21-19-. The molecular formula is C25H24N2O4S2. The molecule has 2 amide bonds. The summed E-state index contributed by atoms with van der Waals surface area (Å²) in [5.74, 6) is -1.23. The summed E-state index contributed by atoms with van der Waals surface area (Å²) in [6.45, 7) is 4.53. The van der Waals surface area contributed by atoms with Gasteiger partial charge in [0, 0.05) is 12.1 Å². The number of nitrogens with zero attached hydrogens (tertiary/aromatic N) is 2. The molecule has 0 N–H and O–H groups in total. The minimum absolute atomic E-state index is 0.177. The smallest absolute Gasteiger partial charge is 0.333 e. The molecule has 0 saturated carbocycles. The molecule has 1 saturated heterocycles. The van der Waals surface area contributed by atoms with Gasteiger partial charge in [0.15, 0.2) is 6.04 Å². The van der Waals surface area contributed by atoms with Crippen LogP contribution in [0.2, 0.25) is 0 Å². The fourth-order valence-electron chi connectivity index (χ4n) is 4.04. The summed E-state index contributed by atoms with van der Waals surface area (Å²) < 4.78 is 5.50. The van der Waals surface area contributed by atoms with Crippen LogP contribution in [0.15, 0.2) is 59.5 Å². The lowest BCUT2D eigenvalue weighted by atomic mass is 10.0. The molecule has 2 aliphatic heterocycles. The lowest BCUT2D eigenvalue weighted by molar-refractivity contribution is -0.151. The second-order valence-electron chi connectivity index (χ2n) is 7.64. The van der Waals surface area contributed by atoms with Gasteiger partial charge in [0.05, 0.1) is 22.8 Å². The van der Waals surface area contributed by atoms with E-state index in [4.69, 9.17) is 17.0 Å². The number of fused-ring (bicyclic) bond motifs is 1. The van der Waals surface area contributed by atoms with E-state index in [1.165, 1.54) is 4.90 Å². The van der Waals surface area contributed by atoms with Crippen LogP contribution < -0.4 is 4.90 Å². The van der Waals surface area contributed by atoms with Crippen molar-refractivity contribution in [3.05, 3.63) is 70.6 Å². The number of carbonyl (C=O) groups excluding carboxylic acids is 3. The molecule has 0 aromatic heterocycles. The van der Waals surface area contributed by atoms with Crippen molar-refractivity contribution in [1.29, 1.82) is 0 Å². The van der Waals surface area contributed by atoms with Crippen LogP contribution in [0.3, 0.4) is 0 Å². The lowest BCUT2D eigenvalue weighted by Gasteiger charge is -2.25. The summed E-state index contributed by atoms with van der Waals surface area (Å²) in [4.78, 5) is 43.3. The minimum atomic E-state index is -1.01. The van der Waals surface area contributed by atoms with Crippen LogP contribution >= 0.6 is 24.0 Å². The highest BCUT2D eigenvalue weighted by atomic mass is 32.2. The Kier molecular flexibility index (Phi) is 6.95. The molecule has 1 unspecified atom stereocenters. The molecule has 8 heteroatoms. The zero-order chi connectivity index (χ0) is 23.5. The zero-order valence-corrected chi connectivity index (χ0v) is 20.1. The first kappa shape index (κ1) is 23.2. The molecule has 1 fully saturated rings. The molecule has 0 spiro atoms. The molecule has 4 rings (SSSR count). The predicted molar refractivity (Wildman–Crippen MR) is 133 cm³/mol. The van der Waals surface area contributed by atoms with E-state index in [9.17, 15) is 14.4 Å². The fraction of sp³-hybridized carbons (Fsp3) is 0.280. The van der Waals surface area contributed by atoms with Gasteiger partial charge in [-0.05, 0) is 25.0 Å². The molecule has 2 heterocycles. The monoisotopic (exact) mass is 480 g/mol. The van der Waals surface area contributed by atoms with Crippen molar-refractivity contribution in [2.45, 2.75) is 32.7 Å². The van der Waals surface area contributed by atoms with Gasteiger partial charge in [0.2, 0.25) is 0 Å². The quantitative estimate of drug-likeness (QED) is 0.325. The zero-order valence-electron chi connectivity index (χ0n) is 18.4. The highest BCUT2D eigenvalue weighted by Gasteiger charge is 2.46. The molecular weight excluding hydrogens is 456 g/mol. The van der Waals surface area contributed by atoms with E-state index in [0.29, 0.717) is 23.2 Å². The number of hydrogen-bond acceptors (Lipinski definition) is 6. The van der Waals surface area contributed by atoms with Gasteiger partial charge >= 0.3 is 5.97 Å². The normalized spacial score (nSPS) is 18.7. The molecule has 170 valence electrons. The minimum Gasteiger partial charge on any atom is -0.464 e. The summed E-state index contributed by atoms with van der Waals surface area (Å²) in [6, 6.07) is 15.4. The number of hydrogen-bond donors (Lipinski definition) is 0. The Bertz CT molecular complexity index is 1150. The number of ether oxygens (including phenoxy) is 1. The average molecular weight is 481 g/mol. The average Bonchev–Trinajstić information content (AvgIpc) is 3.26. The van der Waals surface area contributed by atoms with Crippen molar-refractivity contribution in [3.63, 3.8) is 0 Å². The predicted octanol–water partition coefficient (Wildman–Crippen LogP) is 4.71. The molecule has 0 radical (unpaired) electrons. The maximum atomic E-state index is 13.7. The molecule has 2 aromatic rings. The van der Waals surface area contributed by atoms with Gasteiger partial charge in [-0.15, -0.1) is 0 Å². The Morgan fingerprint density at radius 3 is 2.42 bits per heavy atom. The number of carbonyl (C=O) groups is 3. The van der Waals surface area contributed by atoms with Crippen molar-refractivity contribution in [2.75, 3.05) is 18.1 Å². The van der Waals surface area contributed by atoms with Gasteiger partial charge in [-0.25, -0.2) is 4.79 Å². The molecule has 0 aliphatic carbocycles. The third-order valence-corrected chi connectivity index (χ3v) is 6.97. The van der Waals surface area contributed by atoms with Crippen LogP contribution in [-0.2, 0) is 19.1 Å². The Morgan fingerprint density at radius 1 is 1.03 bits per heavy atom. The van der Waals surface area contributed by atoms with E-state index in [1.54, 1.807) is 36.1 Å². The molecule has 2 aliphatic rings.